The van der Waals surface area contributed by atoms with Crippen LogP contribution in [-0.2, 0) is 0 Å². The van der Waals surface area contributed by atoms with Crippen LogP contribution in [0.5, 0.6) is 0 Å². The standard InChI is InChI=1S/C15H25N3O2/c1-10-11(2)20-12(3)14(10)15(19)17-13-4-7-18(8-5-13)9-6-16/h13H,4-9,16H2,1-3H3,(H,17,19). The Kier molecular flexibility index (Phi) is 4.83. The smallest absolute Gasteiger partial charge is 0.255 e. The molecule has 0 aliphatic carbocycles. The zero-order valence-corrected chi connectivity index (χ0v) is 12.7. The number of aryl methyl sites for hydroxylation is 2. The molecule has 0 unspecified atom stereocenters. The molecule has 2 rings (SSSR count). The second-order valence-electron chi connectivity index (χ2n) is 5.59. The number of hydrogen-bond donors (Lipinski definition) is 2. The summed E-state index contributed by atoms with van der Waals surface area (Å²) in [6, 6.07) is 0.255. The second kappa shape index (κ2) is 6.41. The highest BCUT2D eigenvalue weighted by atomic mass is 16.3. The van der Waals surface area contributed by atoms with Crippen molar-refractivity contribution in [3.63, 3.8) is 0 Å². The van der Waals surface area contributed by atoms with Crippen molar-refractivity contribution in [1.82, 2.24) is 10.2 Å². The predicted molar refractivity (Wildman–Crippen MR) is 78.9 cm³/mol. The molecule has 1 fully saturated rings. The molecule has 0 radical (unpaired) electrons. The topological polar surface area (TPSA) is 71.5 Å². The van der Waals surface area contributed by atoms with Crippen LogP contribution in [0.3, 0.4) is 0 Å². The molecule has 20 heavy (non-hydrogen) atoms. The average Bonchev–Trinajstić information content (AvgIpc) is 2.66. The van der Waals surface area contributed by atoms with Gasteiger partial charge in [0.05, 0.1) is 5.56 Å². The Hall–Kier alpha value is -1.33. The average molecular weight is 279 g/mol. The first-order valence-corrected chi connectivity index (χ1v) is 7.32. The maximum atomic E-state index is 12.4. The third-order valence-corrected chi connectivity index (χ3v) is 4.16. The lowest BCUT2D eigenvalue weighted by Gasteiger charge is -2.32. The second-order valence-corrected chi connectivity index (χ2v) is 5.59. The molecule has 1 aliphatic rings. The van der Waals surface area contributed by atoms with E-state index in [1.54, 1.807) is 0 Å². The monoisotopic (exact) mass is 279 g/mol. The number of nitrogens with one attached hydrogen (secondary N) is 1. The molecular formula is C15H25N3O2. The zero-order chi connectivity index (χ0) is 14.7. The Morgan fingerprint density at radius 1 is 1.30 bits per heavy atom. The molecule has 3 N–H and O–H groups in total. The van der Waals surface area contributed by atoms with Crippen molar-refractivity contribution in [2.45, 2.75) is 39.7 Å². The Morgan fingerprint density at radius 3 is 2.45 bits per heavy atom. The van der Waals surface area contributed by atoms with Gasteiger partial charge in [-0.25, -0.2) is 0 Å². The van der Waals surface area contributed by atoms with Gasteiger partial charge in [0.25, 0.3) is 5.91 Å². The van der Waals surface area contributed by atoms with Gasteiger partial charge in [-0.1, -0.05) is 0 Å². The quantitative estimate of drug-likeness (QED) is 0.873. The number of nitrogens with zero attached hydrogens (tertiary/aromatic N) is 1. The molecule has 1 amide bonds. The van der Waals surface area contributed by atoms with Gasteiger partial charge in [-0.15, -0.1) is 0 Å². The Labute approximate surface area is 120 Å². The van der Waals surface area contributed by atoms with Gasteiger partial charge in [0, 0.05) is 37.8 Å². The summed E-state index contributed by atoms with van der Waals surface area (Å²) < 4.78 is 5.52. The number of carbonyl (C=O) groups excluding carboxylic acids is 1. The van der Waals surface area contributed by atoms with E-state index in [0.717, 1.165) is 43.8 Å². The lowest BCUT2D eigenvalue weighted by Crippen LogP contribution is -2.45. The predicted octanol–water partition coefficient (Wildman–Crippen LogP) is 1.36. The van der Waals surface area contributed by atoms with Gasteiger partial charge in [-0.2, -0.15) is 0 Å². The van der Waals surface area contributed by atoms with Gasteiger partial charge in [0.2, 0.25) is 0 Å². The molecule has 5 heteroatoms. The molecule has 1 aromatic heterocycles. The highest BCUT2D eigenvalue weighted by molar-refractivity contribution is 5.97. The minimum Gasteiger partial charge on any atom is -0.466 e. The molecule has 1 aliphatic heterocycles. The SMILES string of the molecule is Cc1oc(C)c(C(=O)NC2CCN(CCN)CC2)c1C. The first-order chi connectivity index (χ1) is 9.52. The minimum absolute atomic E-state index is 0.00544. The third-order valence-electron chi connectivity index (χ3n) is 4.16. The van der Waals surface area contributed by atoms with Crippen molar-refractivity contribution in [2.75, 3.05) is 26.2 Å². The zero-order valence-electron chi connectivity index (χ0n) is 12.7. The van der Waals surface area contributed by atoms with Crippen LogP contribution in [0, 0.1) is 20.8 Å². The van der Waals surface area contributed by atoms with E-state index in [2.05, 4.69) is 10.2 Å². The summed E-state index contributed by atoms with van der Waals surface area (Å²) in [6.45, 7) is 9.33. The Bertz CT molecular complexity index is 474. The number of piperidine rings is 1. The first-order valence-electron chi connectivity index (χ1n) is 7.32. The van der Waals surface area contributed by atoms with Crippen LogP contribution in [0.15, 0.2) is 4.42 Å². The van der Waals surface area contributed by atoms with Crippen LogP contribution in [-0.4, -0.2) is 43.0 Å². The van der Waals surface area contributed by atoms with Crippen molar-refractivity contribution in [2.24, 2.45) is 5.73 Å². The summed E-state index contributed by atoms with van der Waals surface area (Å²) in [5.74, 6) is 1.53. The Morgan fingerprint density at radius 2 is 1.95 bits per heavy atom. The fourth-order valence-electron chi connectivity index (χ4n) is 2.87. The molecule has 2 heterocycles. The van der Waals surface area contributed by atoms with E-state index in [-0.39, 0.29) is 11.9 Å². The normalized spacial score (nSPS) is 17.4. The lowest BCUT2D eigenvalue weighted by molar-refractivity contribution is 0.0910. The van der Waals surface area contributed by atoms with Gasteiger partial charge < -0.3 is 20.4 Å². The summed E-state index contributed by atoms with van der Waals surface area (Å²) in [4.78, 5) is 14.7. The van der Waals surface area contributed by atoms with E-state index in [0.29, 0.717) is 17.9 Å². The van der Waals surface area contributed by atoms with Crippen molar-refractivity contribution in [3.05, 3.63) is 22.6 Å². The molecule has 5 nitrogen and oxygen atoms in total. The highest BCUT2D eigenvalue weighted by Gasteiger charge is 2.24. The van der Waals surface area contributed by atoms with Gasteiger partial charge >= 0.3 is 0 Å². The lowest BCUT2D eigenvalue weighted by atomic mass is 10.0. The molecular weight excluding hydrogens is 254 g/mol. The summed E-state index contributed by atoms with van der Waals surface area (Å²) in [5, 5.41) is 3.14. The van der Waals surface area contributed by atoms with Crippen molar-refractivity contribution < 1.29 is 9.21 Å². The van der Waals surface area contributed by atoms with Crippen LogP contribution in [0.25, 0.3) is 0 Å². The summed E-state index contributed by atoms with van der Waals surface area (Å²) in [7, 11) is 0. The van der Waals surface area contributed by atoms with E-state index in [9.17, 15) is 4.79 Å². The number of nitrogens with two attached hydrogens (primary N) is 1. The minimum atomic E-state index is -0.00544. The van der Waals surface area contributed by atoms with Crippen molar-refractivity contribution in [3.8, 4) is 0 Å². The van der Waals surface area contributed by atoms with Crippen molar-refractivity contribution in [1.29, 1.82) is 0 Å². The maximum absolute atomic E-state index is 12.4. The number of rotatable bonds is 4. The fraction of sp³-hybridized carbons (Fsp3) is 0.667. The van der Waals surface area contributed by atoms with Gasteiger partial charge in [0.15, 0.2) is 0 Å². The molecule has 0 spiro atoms. The van der Waals surface area contributed by atoms with Gasteiger partial charge in [0.1, 0.15) is 11.5 Å². The van der Waals surface area contributed by atoms with Crippen LogP contribution in [0.1, 0.15) is 40.3 Å². The van der Waals surface area contributed by atoms with E-state index < -0.39 is 0 Å². The van der Waals surface area contributed by atoms with Gasteiger partial charge in [-0.05, 0) is 33.6 Å². The molecule has 0 saturated carbocycles. The number of carbonyl (C=O) groups is 1. The molecule has 0 aromatic carbocycles. The van der Waals surface area contributed by atoms with E-state index >= 15 is 0 Å². The number of hydrogen-bond acceptors (Lipinski definition) is 4. The number of amides is 1. The first kappa shape index (κ1) is 15.1. The summed E-state index contributed by atoms with van der Waals surface area (Å²) in [5.41, 5.74) is 7.21. The molecule has 0 bridgehead atoms. The molecule has 1 aromatic rings. The molecule has 112 valence electrons. The third kappa shape index (κ3) is 3.22. The van der Waals surface area contributed by atoms with Crippen LogP contribution in [0.2, 0.25) is 0 Å². The maximum Gasteiger partial charge on any atom is 0.255 e. The summed E-state index contributed by atoms with van der Waals surface area (Å²) >= 11 is 0. The fourth-order valence-corrected chi connectivity index (χ4v) is 2.87. The highest BCUT2D eigenvalue weighted by Crippen LogP contribution is 2.21. The van der Waals surface area contributed by atoms with Crippen molar-refractivity contribution >= 4 is 5.91 Å². The van der Waals surface area contributed by atoms with Crippen LogP contribution < -0.4 is 11.1 Å². The van der Waals surface area contributed by atoms with E-state index in [4.69, 9.17) is 10.2 Å². The van der Waals surface area contributed by atoms with Crippen LogP contribution >= 0.6 is 0 Å². The van der Waals surface area contributed by atoms with E-state index in [1.165, 1.54) is 0 Å². The molecule has 1 saturated heterocycles. The van der Waals surface area contributed by atoms with Crippen LogP contribution in [0.4, 0.5) is 0 Å². The largest absolute Gasteiger partial charge is 0.466 e. The van der Waals surface area contributed by atoms with Gasteiger partial charge in [-0.3, -0.25) is 4.79 Å². The number of likely N-dealkylation sites (tertiary alicyclic amines) is 1. The number of furan rings is 1. The summed E-state index contributed by atoms with van der Waals surface area (Å²) in [6.07, 6.45) is 1.97. The Balaban J connectivity index is 1.93. The van der Waals surface area contributed by atoms with E-state index in [1.807, 2.05) is 20.8 Å². The molecule has 0 atom stereocenters.